The number of fused-ring (bicyclic) bond motifs is 1. The number of halogens is 2. The fourth-order valence-corrected chi connectivity index (χ4v) is 4.67. The third kappa shape index (κ3) is 3.68. The second-order valence-corrected chi connectivity index (χ2v) is 8.05. The third-order valence-corrected chi connectivity index (χ3v) is 6.15. The maximum Gasteiger partial charge on any atom is 0.333 e. The molecule has 2 saturated heterocycles. The first kappa shape index (κ1) is 19.1. The van der Waals surface area contributed by atoms with E-state index in [1.807, 2.05) is 11.0 Å². The van der Waals surface area contributed by atoms with Gasteiger partial charge in [-0.05, 0) is 31.2 Å². The quantitative estimate of drug-likeness (QED) is 0.791. The van der Waals surface area contributed by atoms with Gasteiger partial charge in [-0.1, -0.05) is 30.3 Å². The van der Waals surface area contributed by atoms with Crippen molar-refractivity contribution in [3.05, 3.63) is 52.8 Å². The summed E-state index contributed by atoms with van der Waals surface area (Å²) in [4.78, 5) is 17.2. The first-order chi connectivity index (χ1) is 13.4. The van der Waals surface area contributed by atoms with E-state index in [9.17, 15) is 13.6 Å². The predicted octanol–water partition coefficient (Wildman–Crippen LogP) is 3.03. The maximum absolute atomic E-state index is 13.0. The molecule has 2 fully saturated rings. The van der Waals surface area contributed by atoms with Crippen molar-refractivity contribution in [3.8, 4) is 0 Å². The van der Waals surface area contributed by atoms with Crippen LogP contribution >= 0.6 is 0 Å². The van der Waals surface area contributed by atoms with Crippen LogP contribution in [0.15, 0.2) is 30.3 Å². The Hall–Kier alpha value is -2.28. The average Bonchev–Trinajstić information content (AvgIpc) is 3.29. The molecule has 0 bridgehead atoms. The lowest BCUT2D eigenvalue weighted by Gasteiger charge is -2.22. The largest absolute Gasteiger partial charge is 0.342 e. The van der Waals surface area contributed by atoms with E-state index in [1.54, 1.807) is 13.8 Å². The van der Waals surface area contributed by atoms with Gasteiger partial charge in [0, 0.05) is 44.0 Å². The molecule has 1 aromatic carbocycles. The molecule has 0 unspecified atom stereocenters. The predicted molar refractivity (Wildman–Crippen MR) is 102 cm³/mol. The summed E-state index contributed by atoms with van der Waals surface area (Å²) in [7, 11) is 0. The summed E-state index contributed by atoms with van der Waals surface area (Å²) in [6, 6.07) is 10.4. The molecule has 5 nitrogen and oxygen atoms in total. The lowest BCUT2D eigenvalue weighted by molar-refractivity contribution is -0.129. The number of carbonyl (C=O) groups is 1. The van der Waals surface area contributed by atoms with Gasteiger partial charge in [0.2, 0.25) is 5.91 Å². The molecule has 28 heavy (non-hydrogen) atoms. The van der Waals surface area contributed by atoms with Crippen molar-refractivity contribution < 1.29 is 13.6 Å². The van der Waals surface area contributed by atoms with Crippen molar-refractivity contribution in [2.75, 3.05) is 26.2 Å². The highest BCUT2D eigenvalue weighted by Crippen LogP contribution is 2.32. The van der Waals surface area contributed by atoms with E-state index in [2.05, 4.69) is 34.3 Å². The summed E-state index contributed by atoms with van der Waals surface area (Å²) < 4.78 is 26.7. The van der Waals surface area contributed by atoms with E-state index in [0.29, 0.717) is 33.5 Å². The number of hydrogen-bond donors (Lipinski definition) is 0. The van der Waals surface area contributed by atoms with Gasteiger partial charge in [0.15, 0.2) is 0 Å². The minimum atomic E-state index is -2.68. The van der Waals surface area contributed by atoms with E-state index in [4.69, 9.17) is 0 Å². The molecule has 1 aromatic heterocycles. The molecule has 2 aliphatic heterocycles. The van der Waals surface area contributed by atoms with Crippen molar-refractivity contribution in [1.29, 1.82) is 0 Å². The van der Waals surface area contributed by atoms with Crippen LogP contribution in [0.2, 0.25) is 0 Å². The van der Waals surface area contributed by atoms with Gasteiger partial charge in [0.25, 0.3) is 0 Å². The third-order valence-electron chi connectivity index (χ3n) is 6.15. The second kappa shape index (κ2) is 7.62. The lowest BCUT2D eigenvalue weighted by Crippen LogP contribution is -2.34. The SMILES string of the molecule is Cc1nn(C(F)F)c(C)c1CC(=O)N1C[C@H]2CN(Cc3ccccc3)C[C@@H]2C1. The molecule has 0 radical (unpaired) electrons. The standard InChI is InChI=1S/C21H26F2N4O/c1-14-19(15(2)27(24-14)21(22)23)8-20(28)26-12-17-10-25(11-18(17)13-26)9-16-6-4-3-5-7-16/h3-7,17-18,21H,8-13H2,1-2H3/t17-,18-/m1/s1. The molecule has 0 saturated carbocycles. The summed E-state index contributed by atoms with van der Waals surface area (Å²) in [5.74, 6) is 1.02. The molecule has 0 N–H and O–H groups in total. The number of aryl methyl sites for hydroxylation is 1. The van der Waals surface area contributed by atoms with Gasteiger partial charge in [0.05, 0.1) is 12.1 Å². The molecule has 150 valence electrons. The van der Waals surface area contributed by atoms with Crippen LogP contribution in [0.25, 0.3) is 0 Å². The smallest absolute Gasteiger partial charge is 0.333 e. The van der Waals surface area contributed by atoms with Crippen LogP contribution in [0.4, 0.5) is 8.78 Å². The van der Waals surface area contributed by atoms with Gasteiger partial charge in [-0.15, -0.1) is 0 Å². The first-order valence-electron chi connectivity index (χ1n) is 9.79. The van der Waals surface area contributed by atoms with Gasteiger partial charge < -0.3 is 4.90 Å². The van der Waals surface area contributed by atoms with Gasteiger partial charge >= 0.3 is 6.55 Å². The minimum absolute atomic E-state index is 0.0176. The molecule has 2 aliphatic rings. The fourth-order valence-electron chi connectivity index (χ4n) is 4.67. The first-order valence-corrected chi connectivity index (χ1v) is 9.79. The molecule has 4 rings (SSSR count). The van der Waals surface area contributed by atoms with Crippen molar-refractivity contribution in [3.63, 3.8) is 0 Å². The number of aromatic nitrogens is 2. The van der Waals surface area contributed by atoms with Gasteiger partial charge in [-0.25, -0.2) is 4.68 Å². The maximum atomic E-state index is 13.0. The van der Waals surface area contributed by atoms with Gasteiger partial charge in [0.1, 0.15) is 0 Å². The Morgan fingerprint density at radius 2 is 1.75 bits per heavy atom. The van der Waals surface area contributed by atoms with Crippen molar-refractivity contribution in [1.82, 2.24) is 19.6 Å². The summed E-state index contributed by atoms with van der Waals surface area (Å²) in [6.07, 6.45) is 0.150. The van der Waals surface area contributed by atoms with Crippen LogP contribution in [0.3, 0.4) is 0 Å². The van der Waals surface area contributed by atoms with E-state index in [0.717, 1.165) is 32.7 Å². The molecule has 2 atom stereocenters. The fraction of sp³-hybridized carbons (Fsp3) is 0.524. The van der Waals surface area contributed by atoms with Crippen molar-refractivity contribution >= 4 is 5.91 Å². The number of alkyl halides is 2. The minimum Gasteiger partial charge on any atom is -0.342 e. The van der Waals surface area contributed by atoms with Crippen LogP contribution < -0.4 is 0 Å². The molecule has 7 heteroatoms. The van der Waals surface area contributed by atoms with Crippen molar-refractivity contribution in [2.45, 2.75) is 33.4 Å². The highest BCUT2D eigenvalue weighted by Gasteiger charge is 2.41. The Morgan fingerprint density at radius 3 is 2.32 bits per heavy atom. The zero-order chi connectivity index (χ0) is 19.8. The van der Waals surface area contributed by atoms with E-state index >= 15 is 0 Å². The lowest BCUT2D eigenvalue weighted by atomic mass is 10.0. The highest BCUT2D eigenvalue weighted by molar-refractivity contribution is 5.79. The zero-order valence-electron chi connectivity index (χ0n) is 16.3. The van der Waals surface area contributed by atoms with Gasteiger partial charge in [-0.3, -0.25) is 9.69 Å². The number of benzene rings is 1. The van der Waals surface area contributed by atoms with Crippen LogP contribution in [-0.4, -0.2) is 51.7 Å². The second-order valence-electron chi connectivity index (χ2n) is 8.05. The monoisotopic (exact) mass is 388 g/mol. The van der Waals surface area contributed by atoms with Crippen LogP contribution in [0, 0.1) is 25.7 Å². The Kier molecular flexibility index (Phi) is 5.19. The van der Waals surface area contributed by atoms with E-state index in [-0.39, 0.29) is 12.3 Å². The Labute approximate surface area is 163 Å². The molecule has 0 aliphatic carbocycles. The van der Waals surface area contributed by atoms with Crippen molar-refractivity contribution in [2.24, 2.45) is 11.8 Å². The highest BCUT2D eigenvalue weighted by atomic mass is 19.3. The number of likely N-dealkylation sites (tertiary alicyclic amines) is 2. The van der Waals surface area contributed by atoms with Crippen LogP contribution in [-0.2, 0) is 17.8 Å². The number of amides is 1. The summed E-state index contributed by atoms with van der Waals surface area (Å²) in [5.41, 5.74) is 2.85. The number of carbonyl (C=O) groups excluding carboxylic acids is 1. The Bertz CT molecular complexity index is 838. The molecule has 0 spiro atoms. The molecular weight excluding hydrogens is 362 g/mol. The zero-order valence-corrected chi connectivity index (χ0v) is 16.3. The molecular formula is C21H26F2N4O. The van der Waals surface area contributed by atoms with E-state index < -0.39 is 6.55 Å². The molecule has 1 amide bonds. The number of hydrogen-bond acceptors (Lipinski definition) is 3. The van der Waals surface area contributed by atoms with Gasteiger partial charge in [-0.2, -0.15) is 13.9 Å². The molecule has 3 heterocycles. The summed E-state index contributed by atoms with van der Waals surface area (Å²) in [6.45, 7) is 5.10. The topological polar surface area (TPSA) is 41.4 Å². The number of nitrogens with zero attached hydrogens (tertiary/aromatic N) is 4. The molecule has 2 aromatic rings. The Morgan fingerprint density at radius 1 is 1.11 bits per heavy atom. The normalized spacial score (nSPS) is 22.2. The number of rotatable bonds is 5. The summed E-state index contributed by atoms with van der Waals surface area (Å²) >= 11 is 0. The van der Waals surface area contributed by atoms with Crippen LogP contribution in [0.5, 0.6) is 0 Å². The summed E-state index contributed by atoms with van der Waals surface area (Å²) in [5, 5.41) is 3.89. The Balaban J connectivity index is 1.34. The van der Waals surface area contributed by atoms with Crippen LogP contribution in [0.1, 0.15) is 29.1 Å². The average molecular weight is 388 g/mol. The van der Waals surface area contributed by atoms with E-state index in [1.165, 1.54) is 5.56 Å².